The molecule has 0 saturated carbocycles. The van der Waals surface area contributed by atoms with Crippen LogP contribution >= 0.6 is 0 Å². The van der Waals surface area contributed by atoms with Crippen LogP contribution in [0.2, 0.25) is 0 Å². The Kier molecular flexibility index (Phi) is 4.50. The molecule has 0 aliphatic rings. The summed E-state index contributed by atoms with van der Waals surface area (Å²) in [5.74, 6) is 0.684. The predicted molar refractivity (Wildman–Crippen MR) is 76.9 cm³/mol. The first-order valence-corrected chi connectivity index (χ1v) is 6.14. The van der Waals surface area contributed by atoms with Crippen molar-refractivity contribution in [2.75, 3.05) is 7.11 Å². The van der Waals surface area contributed by atoms with E-state index in [1.807, 2.05) is 30.3 Å². The van der Waals surface area contributed by atoms with Gasteiger partial charge in [-0.05, 0) is 23.8 Å². The number of carbonyl (C=O) groups is 1. The molecule has 0 unspecified atom stereocenters. The summed E-state index contributed by atoms with van der Waals surface area (Å²) in [6.07, 6.45) is 0.781. The highest BCUT2D eigenvalue weighted by molar-refractivity contribution is 6.34. The van der Waals surface area contributed by atoms with Crippen LogP contribution in [-0.4, -0.2) is 19.1 Å². The number of nitrogens with one attached hydrogen (secondary N) is 1. The second-order valence-corrected chi connectivity index (χ2v) is 4.15. The van der Waals surface area contributed by atoms with Gasteiger partial charge in [-0.2, -0.15) is 0 Å². The first-order valence-electron chi connectivity index (χ1n) is 6.14. The van der Waals surface area contributed by atoms with Gasteiger partial charge in [0.25, 0.3) is 0 Å². The number of methoxy groups -OCH3 is 1. The van der Waals surface area contributed by atoms with Crippen molar-refractivity contribution in [2.45, 2.75) is 6.61 Å². The predicted octanol–water partition coefficient (Wildman–Crippen LogP) is 3.11. The minimum atomic E-state index is -0.364. The Morgan fingerprint density at radius 2 is 1.90 bits per heavy atom. The van der Waals surface area contributed by atoms with Gasteiger partial charge < -0.3 is 14.9 Å². The fourth-order valence-corrected chi connectivity index (χ4v) is 1.76. The third-order valence-corrected chi connectivity index (χ3v) is 2.82. The van der Waals surface area contributed by atoms with Crippen molar-refractivity contribution in [3.63, 3.8) is 0 Å². The number of benzene rings is 2. The van der Waals surface area contributed by atoms with Gasteiger partial charge in [0, 0.05) is 5.56 Å². The van der Waals surface area contributed by atoms with Crippen molar-refractivity contribution < 1.29 is 14.3 Å². The van der Waals surface area contributed by atoms with Gasteiger partial charge >= 0.3 is 0 Å². The van der Waals surface area contributed by atoms with Crippen LogP contribution in [0.1, 0.15) is 15.9 Å². The molecule has 0 aliphatic carbocycles. The molecule has 102 valence electrons. The molecule has 4 nitrogen and oxygen atoms in total. The average Bonchev–Trinajstić information content (AvgIpc) is 2.52. The number of hydrogen-bond donors (Lipinski definition) is 1. The van der Waals surface area contributed by atoms with Crippen molar-refractivity contribution in [3.05, 3.63) is 59.7 Å². The summed E-state index contributed by atoms with van der Waals surface area (Å²) in [7, 11) is 1.54. The first kappa shape index (κ1) is 13.8. The highest BCUT2D eigenvalue weighted by Gasteiger charge is 2.09. The van der Waals surface area contributed by atoms with Crippen molar-refractivity contribution >= 4 is 12.0 Å². The molecule has 20 heavy (non-hydrogen) atoms. The topological polar surface area (TPSA) is 59.4 Å². The van der Waals surface area contributed by atoms with E-state index in [0.717, 1.165) is 11.8 Å². The number of rotatable bonds is 6. The zero-order chi connectivity index (χ0) is 14.4. The van der Waals surface area contributed by atoms with E-state index in [4.69, 9.17) is 14.9 Å². The number of Topliss-reactive ketones (excluding diaryl/α,β-unsaturated/α-hetero) is 1. The maximum absolute atomic E-state index is 11.5. The fraction of sp³-hybridized carbons (Fsp3) is 0.125. The molecule has 0 spiro atoms. The largest absolute Gasteiger partial charge is 0.493 e. The molecule has 2 aromatic carbocycles. The quantitative estimate of drug-likeness (QED) is 0.647. The molecular weight excluding hydrogens is 254 g/mol. The van der Waals surface area contributed by atoms with Crippen LogP contribution in [0.25, 0.3) is 0 Å². The van der Waals surface area contributed by atoms with E-state index >= 15 is 0 Å². The van der Waals surface area contributed by atoms with E-state index < -0.39 is 0 Å². The second kappa shape index (κ2) is 6.52. The summed E-state index contributed by atoms with van der Waals surface area (Å²) in [4.78, 5) is 11.5. The van der Waals surface area contributed by atoms with E-state index in [0.29, 0.717) is 23.7 Å². The number of ether oxygens (including phenoxy) is 2. The molecular formula is C16H15NO3. The SMILES string of the molecule is COc1ccc(C(=O)C=N)cc1OCc1ccccc1. The molecule has 1 N–H and O–H groups in total. The van der Waals surface area contributed by atoms with Crippen LogP contribution in [0.5, 0.6) is 11.5 Å². The Bertz CT molecular complexity index is 608. The lowest BCUT2D eigenvalue weighted by molar-refractivity contribution is 0.106. The highest BCUT2D eigenvalue weighted by Crippen LogP contribution is 2.28. The molecule has 0 amide bonds. The van der Waals surface area contributed by atoms with Crippen molar-refractivity contribution in [1.29, 1.82) is 5.41 Å². The molecule has 0 radical (unpaired) electrons. The van der Waals surface area contributed by atoms with Gasteiger partial charge in [-0.3, -0.25) is 4.79 Å². The lowest BCUT2D eigenvalue weighted by Crippen LogP contribution is -2.02. The molecule has 0 atom stereocenters. The molecule has 0 aromatic heterocycles. The van der Waals surface area contributed by atoms with Gasteiger partial charge in [0.1, 0.15) is 6.61 Å². The Balaban J connectivity index is 2.20. The van der Waals surface area contributed by atoms with Gasteiger partial charge in [-0.1, -0.05) is 30.3 Å². The summed E-state index contributed by atoms with van der Waals surface area (Å²) in [5.41, 5.74) is 1.43. The summed E-state index contributed by atoms with van der Waals surface area (Å²) >= 11 is 0. The Morgan fingerprint density at radius 1 is 1.15 bits per heavy atom. The molecule has 4 heteroatoms. The second-order valence-electron chi connectivity index (χ2n) is 4.15. The van der Waals surface area contributed by atoms with E-state index in [-0.39, 0.29) is 5.78 Å². The molecule has 0 heterocycles. The Hall–Kier alpha value is -2.62. The van der Waals surface area contributed by atoms with Crippen LogP contribution in [-0.2, 0) is 6.61 Å². The van der Waals surface area contributed by atoms with Crippen LogP contribution < -0.4 is 9.47 Å². The van der Waals surface area contributed by atoms with Gasteiger partial charge in [0.2, 0.25) is 5.78 Å². The summed E-state index contributed by atoms with van der Waals surface area (Å²) in [6, 6.07) is 14.6. The fourth-order valence-electron chi connectivity index (χ4n) is 1.76. The van der Waals surface area contributed by atoms with Gasteiger partial charge in [-0.25, -0.2) is 0 Å². The molecule has 0 saturated heterocycles. The van der Waals surface area contributed by atoms with E-state index in [2.05, 4.69) is 0 Å². The van der Waals surface area contributed by atoms with Crippen LogP contribution in [0.4, 0.5) is 0 Å². The third-order valence-electron chi connectivity index (χ3n) is 2.82. The Morgan fingerprint density at radius 3 is 2.55 bits per heavy atom. The Labute approximate surface area is 117 Å². The van der Waals surface area contributed by atoms with Crippen LogP contribution in [0, 0.1) is 5.41 Å². The summed E-state index contributed by atoms with van der Waals surface area (Å²) in [5, 5.41) is 7.01. The van der Waals surface area contributed by atoms with Gasteiger partial charge in [0.15, 0.2) is 11.5 Å². The molecule has 2 aromatic rings. The zero-order valence-electron chi connectivity index (χ0n) is 11.1. The van der Waals surface area contributed by atoms with Crippen LogP contribution in [0.15, 0.2) is 48.5 Å². The van der Waals surface area contributed by atoms with Gasteiger partial charge in [0.05, 0.1) is 13.3 Å². The first-order chi connectivity index (χ1) is 9.74. The lowest BCUT2D eigenvalue weighted by Gasteiger charge is -2.11. The average molecular weight is 269 g/mol. The maximum atomic E-state index is 11.5. The number of carbonyl (C=O) groups excluding carboxylic acids is 1. The van der Waals surface area contributed by atoms with Gasteiger partial charge in [-0.15, -0.1) is 0 Å². The summed E-state index contributed by atoms with van der Waals surface area (Å²) < 4.78 is 10.9. The molecule has 0 bridgehead atoms. The van der Waals surface area contributed by atoms with Crippen molar-refractivity contribution in [1.82, 2.24) is 0 Å². The van der Waals surface area contributed by atoms with E-state index in [1.165, 1.54) is 0 Å². The normalized spacial score (nSPS) is 9.85. The number of ketones is 1. The molecule has 2 rings (SSSR count). The third kappa shape index (κ3) is 3.23. The highest BCUT2D eigenvalue weighted by atomic mass is 16.5. The maximum Gasteiger partial charge on any atom is 0.203 e. The van der Waals surface area contributed by atoms with E-state index in [1.54, 1.807) is 25.3 Å². The lowest BCUT2D eigenvalue weighted by atomic mass is 10.1. The van der Waals surface area contributed by atoms with Crippen LogP contribution in [0.3, 0.4) is 0 Å². The van der Waals surface area contributed by atoms with E-state index in [9.17, 15) is 4.79 Å². The minimum absolute atomic E-state index is 0.364. The van der Waals surface area contributed by atoms with Crippen molar-refractivity contribution in [2.24, 2.45) is 0 Å². The monoisotopic (exact) mass is 269 g/mol. The molecule has 0 fully saturated rings. The minimum Gasteiger partial charge on any atom is -0.493 e. The molecule has 0 aliphatic heterocycles. The van der Waals surface area contributed by atoms with Crippen molar-refractivity contribution in [3.8, 4) is 11.5 Å². The smallest absolute Gasteiger partial charge is 0.203 e. The summed E-state index contributed by atoms with van der Waals surface area (Å²) in [6.45, 7) is 0.388. The number of hydrogen-bond acceptors (Lipinski definition) is 4. The zero-order valence-corrected chi connectivity index (χ0v) is 11.1. The standard InChI is InChI=1S/C16H15NO3/c1-19-15-8-7-13(14(18)10-17)9-16(15)20-11-12-5-3-2-4-6-12/h2-10,17H,11H2,1H3.